The summed E-state index contributed by atoms with van der Waals surface area (Å²) in [6, 6.07) is 18.0. The SMILES string of the molecule is CN(C)C(=O)C[S@@](=O)Cc1cccc(-c2ccccc2)c1. The van der Waals surface area contributed by atoms with Crippen molar-refractivity contribution in [3.8, 4) is 11.1 Å². The lowest BCUT2D eigenvalue weighted by atomic mass is 10.0. The van der Waals surface area contributed by atoms with Crippen LogP contribution in [0.2, 0.25) is 0 Å². The fourth-order valence-electron chi connectivity index (χ4n) is 1.98. The van der Waals surface area contributed by atoms with E-state index < -0.39 is 10.8 Å². The predicted octanol–water partition coefficient (Wildman–Crippen LogP) is 2.69. The van der Waals surface area contributed by atoms with Gasteiger partial charge in [-0.05, 0) is 16.7 Å². The molecule has 0 unspecified atom stereocenters. The molecule has 0 fully saturated rings. The van der Waals surface area contributed by atoms with E-state index in [0.717, 1.165) is 16.7 Å². The van der Waals surface area contributed by atoms with Gasteiger partial charge in [0.2, 0.25) is 5.91 Å². The Labute approximate surface area is 128 Å². The van der Waals surface area contributed by atoms with Crippen molar-refractivity contribution in [2.75, 3.05) is 19.8 Å². The molecule has 0 spiro atoms. The third-order valence-corrected chi connectivity index (χ3v) is 4.37. The Morgan fingerprint density at radius 2 is 1.67 bits per heavy atom. The van der Waals surface area contributed by atoms with Gasteiger partial charge in [-0.1, -0.05) is 54.6 Å². The molecule has 4 heteroatoms. The maximum Gasteiger partial charge on any atom is 0.234 e. The summed E-state index contributed by atoms with van der Waals surface area (Å²) in [4.78, 5) is 13.0. The van der Waals surface area contributed by atoms with E-state index in [9.17, 15) is 9.00 Å². The summed E-state index contributed by atoms with van der Waals surface area (Å²) >= 11 is 0. The number of carbonyl (C=O) groups is 1. The average Bonchev–Trinajstić information content (AvgIpc) is 2.48. The summed E-state index contributed by atoms with van der Waals surface area (Å²) in [6.07, 6.45) is 0. The second kappa shape index (κ2) is 7.18. The topological polar surface area (TPSA) is 37.4 Å². The minimum Gasteiger partial charge on any atom is -0.348 e. The number of rotatable bonds is 5. The van der Waals surface area contributed by atoms with Gasteiger partial charge in [0.25, 0.3) is 0 Å². The Kier molecular flexibility index (Phi) is 5.28. The molecule has 2 aromatic rings. The minimum atomic E-state index is -1.18. The lowest BCUT2D eigenvalue weighted by Gasteiger charge is -2.10. The van der Waals surface area contributed by atoms with Gasteiger partial charge in [0.15, 0.2) is 0 Å². The van der Waals surface area contributed by atoms with Gasteiger partial charge in [-0.3, -0.25) is 9.00 Å². The van der Waals surface area contributed by atoms with Crippen molar-refractivity contribution < 1.29 is 9.00 Å². The smallest absolute Gasteiger partial charge is 0.234 e. The minimum absolute atomic E-state index is 0.0720. The van der Waals surface area contributed by atoms with Crippen molar-refractivity contribution in [1.29, 1.82) is 0 Å². The predicted molar refractivity (Wildman–Crippen MR) is 87.3 cm³/mol. The van der Waals surface area contributed by atoms with Gasteiger partial charge < -0.3 is 4.90 Å². The van der Waals surface area contributed by atoms with Crippen LogP contribution in [0.15, 0.2) is 54.6 Å². The van der Waals surface area contributed by atoms with Crippen LogP contribution in [0.1, 0.15) is 5.56 Å². The summed E-state index contributed by atoms with van der Waals surface area (Å²) < 4.78 is 12.0. The molecule has 0 saturated heterocycles. The van der Waals surface area contributed by atoms with Crippen LogP contribution in [0.5, 0.6) is 0 Å². The highest BCUT2D eigenvalue weighted by molar-refractivity contribution is 7.84. The van der Waals surface area contributed by atoms with Crippen LogP contribution in [-0.2, 0) is 21.3 Å². The molecule has 0 aromatic heterocycles. The molecule has 1 atom stereocenters. The van der Waals surface area contributed by atoms with E-state index in [1.807, 2.05) is 54.6 Å². The number of amides is 1. The summed E-state index contributed by atoms with van der Waals surface area (Å²) in [6.45, 7) is 0. The molecule has 0 bridgehead atoms. The van der Waals surface area contributed by atoms with Gasteiger partial charge in [-0.15, -0.1) is 0 Å². The van der Waals surface area contributed by atoms with Crippen LogP contribution in [0.25, 0.3) is 11.1 Å². The molecule has 0 saturated carbocycles. The normalized spacial score (nSPS) is 11.9. The number of hydrogen-bond acceptors (Lipinski definition) is 2. The van der Waals surface area contributed by atoms with E-state index in [4.69, 9.17) is 0 Å². The molecule has 0 aliphatic carbocycles. The van der Waals surface area contributed by atoms with Gasteiger partial charge in [0, 0.05) is 30.6 Å². The first-order chi connectivity index (χ1) is 10.1. The van der Waals surface area contributed by atoms with Crippen molar-refractivity contribution >= 4 is 16.7 Å². The molecule has 110 valence electrons. The fourth-order valence-corrected chi connectivity index (χ4v) is 3.16. The third-order valence-electron chi connectivity index (χ3n) is 3.15. The monoisotopic (exact) mass is 301 g/mol. The molecule has 2 aromatic carbocycles. The summed E-state index contributed by atoms with van der Waals surface area (Å²) in [7, 11) is 2.17. The number of benzene rings is 2. The van der Waals surface area contributed by atoms with Crippen LogP contribution >= 0.6 is 0 Å². The van der Waals surface area contributed by atoms with Gasteiger partial charge >= 0.3 is 0 Å². The Bertz CT molecular complexity index is 638. The molecule has 2 rings (SSSR count). The number of carbonyl (C=O) groups excluding carboxylic acids is 1. The van der Waals surface area contributed by atoms with Crippen molar-refractivity contribution in [3.05, 3.63) is 60.2 Å². The first kappa shape index (κ1) is 15.4. The van der Waals surface area contributed by atoms with Crippen LogP contribution in [0.4, 0.5) is 0 Å². The summed E-state index contributed by atoms with van der Waals surface area (Å²) in [5.74, 6) is 0.371. The molecule has 0 heterocycles. The number of nitrogens with zero attached hydrogens (tertiary/aromatic N) is 1. The maximum atomic E-state index is 12.0. The van der Waals surface area contributed by atoms with E-state index in [-0.39, 0.29) is 11.7 Å². The molecule has 0 aliphatic heterocycles. The maximum absolute atomic E-state index is 12.0. The molecular formula is C17H19NO2S. The summed E-state index contributed by atoms with van der Waals surface area (Å²) in [5, 5.41) is 0. The van der Waals surface area contributed by atoms with E-state index in [1.165, 1.54) is 4.90 Å². The highest BCUT2D eigenvalue weighted by atomic mass is 32.2. The quantitative estimate of drug-likeness (QED) is 0.851. The lowest BCUT2D eigenvalue weighted by molar-refractivity contribution is -0.125. The van der Waals surface area contributed by atoms with Crippen molar-refractivity contribution in [3.63, 3.8) is 0 Å². The van der Waals surface area contributed by atoms with E-state index >= 15 is 0 Å². The molecule has 3 nitrogen and oxygen atoms in total. The molecule has 21 heavy (non-hydrogen) atoms. The summed E-state index contributed by atoms with van der Waals surface area (Å²) in [5.41, 5.74) is 3.22. The zero-order chi connectivity index (χ0) is 15.2. The van der Waals surface area contributed by atoms with Gasteiger partial charge in [-0.2, -0.15) is 0 Å². The van der Waals surface area contributed by atoms with Crippen LogP contribution in [0.3, 0.4) is 0 Å². The van der Waals surface area contributed by atoms with Gasteiger partial charge in [0.1, 0.15) is 5.75 Å². The van der Waals surface area contributed by atoms with Gasteiger partial charge in [-0.25, -0.2) is 0 Å². The molecule has 1 amide bonds. The second-order valence-corrected chi connectivity index (χ2v) is 6.54. The molecule has 0 radical (unpaired) electrons. The fraction of sp³-hybridized carbons (Fsp3) is 0.235. The second-order valence-electron chi connectivity index (χ2n) is 5.08. The van der Waals surface area contributed by atoms with Crippen molar-refractivity contribution in [2.24, 2.45) is 0 Å². The lowest BCUT2D eigenvalue weighted by Crippen LogP contribution is -2.27. The molecule has 0 N–H and O–H groups in total. The van der Waals surface area contributed by atoms with Crippen molar-refractivity contribution in [1.82, 2.24) is 4.90 Å². The van der Waals surface area contributed by atoms with Crippen LogP contribution < -0.4 is 0 Å². The third kappa shape index (κ3) is 4.53. The Hall–Kier alpha value is -1.94. The molecular weight excluding hydrogens is 282 g/mol. The highest BCUT2D eigenvalue weighted by Crippen LogP contribution is 2.20. The first-order valence-electron chi connectivity index (χ1n) is 6.76. The number of hydrogen-bond donors (Lipinski definition) is 0. The van der Waals surface area contributed by atoms with Crippen LogP contribution in [-0.4, -0.2) is 34.9 Å². The van der Waals surface area contributed by atoms with E-state index in [2.05, 4.69) is 0 Å². The van der Waals surface area contributed by atoms with Crippen LogP contribution in [0, 0.1) is 0 Å². The van der Waals surface area contributed by atoms with Crippen molar-refractivity contribution in [2.45, 2.75) is 5.75 Å². The Morgan fingerprint density at radius 3 is 2.33 bits per heavy atom. The first-order valence-corrected chi connectivity index (χ1v) is 8.24. The highest BCUT2D eigenvalue weighted by Gasteiger charge is 2.10. The molecule has 0 aliphatic rings. The Morgan fingerprint density at radius 1 is 1.00 bits per heavy atom. The van der Waals surface area contributed by atoms with E-state index in [1.54, 1.807) is 14.1 Å². The Balaban J connectivity index is 2.08. The average molecular weight is 301 g/mol. The van der Waals surface area contributed by atoms with Gasteiger partial charge in [0.05, 0.1) is 0 Å². The van der Waals surface area contributed by atoms with E-state index in [0.29, 0.717) is 5.75 Å². The zero-order valence-electron chi connectivity index (χ0n) is 12.3. The zero-order valence-corrected chi connectivity index (χ0v) is 13.1. The largest absolute Gasteiger partial charge is 0.348 e. The standard InChI is InChI=1S/C17H19NO2S/c1-18(2)17(19)13-21(20)12-14-7-6-10-16(11-14)15-8-4-3-5-9-15/h3-11H,12-13H2,1-2H3/t21-/m0/s1.